The van der Waals surface area contributed by atoms with Crippen LogP contribution in [0.15, 0.2) is 24.5 Å². The molecular formula is C14H14Cl2N6. The second kappa shape index (κ2) is 5.62. The van der Waals surface area contributed by atoms with Gasteiger partial charge in [0.15, 0.2) is 17.3 Å². The summed E-state index contributed by atoms with van der Waals surface area (Å²) in [7, 11) is 3.74. The third kappa shape index (κ3) is 2.55. The van der Waals surface area contributed by atoms with Crippen LogP contribution in [-0.2, 0) is 6.54 Å². The molecule has 3 rings (SSSR count). The van der Waals surface area contributed by atoms with Crippen molar-refractivity contribution in [3.8, 4) is 11.5 Å². The number of imidazole rings is 1. The summed E-state index contributed by atoms with van der Waals surface area (Å²) in [6, 6.07) is 5.41. The molecule has 0 atom stereocenters. The van der Waals surface area contributed by atoms with E-state index in [9.17, 15) is 0 Å². The van der Waals surface area contributed by atoms with Crippen molar-refractivity contribution in [2.75, 3.05) is 24.7 Å². The van der Waals surface area contributed by atoms with E-state index in [2.05, 4.69) is 15.0 Å². The predicted octanol–water partition coefficient (Wildman–Crippen LogP) is 2.78. The molecule has 0 aliphatic carbocycles. The Kier molecular flexibility index (Phi) is 3.80. The van der Waals surface area contributed by atoms with Gasteiger partial charge in [-0.05, 0) is 12.1 Å². The van der Waals surface area contributed by atoms with Crippen molar-refractivity contribution in [3.05, 3.63) is 40.1 Å². The second-order valence-electron chi connectivity index (χ2n) is 5.05. The fourth-order valence-electron chi connectivity index (χ4n) is 2.11. The van der Waals surface area contributed by atoms with Gasteiger partial charge < -0.3 is 15.2 Å². The van der Waals surface area contributed by atoms with Crippen molar-refractivity contribution < 1.29 is 0 Å². The van der Waals surface area contributed by atoms with E-state index >= 15 is 0 Å². The molecule has 2 aliphatic heterocycles. The highest BCUT2D eigenvalue weighted by Gasteiger charge is 2.20. The highest BCUT2D eigenvalue weighted by molar-refractivity contribution is 6.35. The summed E-state index contributed by atoms with van der Waals surface area (Å²) in [6.07, 6.45) is 1.62. The number of nitrogens with two attached hydrogens (primary N) is 1. The molecule has 2 N–H and O–H groups in total. The monoisotopic (exact) mass is 336 g/mol. The molecule has 0 amide bonds. The molecule has 2 heterocycles. The maximum Gasteiger partial charge on any atom is 0.227 e. The van der Waals surface area contributed by atoms with Crippen LogP contribution >= 0.6 is 23.2 Å². The Morgan fingerprint density at radius 3 is 2.50 bits per heavy atom. The number of rotatable bonds is 3. The number of nitrogens with zero attached hydrogens (tertiary/aromatic N) is 5. The van der Waals surface area contributed by atoms with E-state index in [0.717, 1.165) is 5.56 Å². The summed E-state index contributed by atoms with van der Waals surface area (Å²) < 4.78 is 1.83. The van der Waals surface area contributed by atoms with Gasteiger partial charge in [0.25, 0.3) is 0 Å². The van der Waals surface area contributed by atoms with Crippen LogP contribution in [0, 0.1) is 0 Å². The smallest absolute Gasteiger partial charge is 0.227 e. The largest absolute Gasteiger partial charge is 0.382 e. The lowest BCUT2D eigenvalue weighted by Crippen LogP contribution is -2.10. The van der Waals surface area contributed by atoms with Gasteiger partial charge in [0.1, 0.15) is 0 Å². The molecule has 0 spiro atoms. The van der Waals surface area contributed by atoms with Crippen LogP contribution in [0.1, 0.15) is 5.56 Å². The number of halogens is 2. The molecular weight excluding hydrogens is 323 g/mol. The number of hydrogen-bond donors (Lipinski definition) is 1. The minimum atomic E-state index is 0.345. The fourth-order valence-corrected chi connectivity index (χ4v) is 2.63. The number of benzene rings is 1. The summed E-state index contributed by atoms with van der Waals surface area (Å²) in [5.74, 6) is 1.57. The molecule has 114 valence electrons. The fraction of sp³-hybridized carbons (Fsp3) is 0.214. The first kappa shape index (κ1) is 14.9. The first-order chi connectivity index (χ1) is 10.5. The number of aromatic nitrogens is 4. The SMILES string of the molecule is CN(C)c1nc2c(N)ncn(Cc3c(Cl)cccc3Cl)c-2n1. The zero-order valence-corrected chi connectivity index (χ0v) is 13.6. The highest BCUT2D eigenvalue weighted by Crippen LogP contribution is 2.30. The average molecular weight is 337 g/mol. The van der Waals surface area contributed by atoms with E-state index < -0.39 is 0 Å². The number of anilines is 2. The summed E-state index contributed by atoms with van der Waals surface area (Å²) in [5, 5.41) is 1.19. The molecule has 0 aromatic heterocycles. The van der Waals surface area contributed by atoms with Crippen molar-refractivity contribution in [3.63, 3.8) is 0 Å². The molecule has 0 saturated heterocycles. The van der Waals surface area contributed by atoms with Crippen molar-refractivity contribution in [1.82, 2.24) is 19.5 Å². The second-order valence-corrected chi connectivity index (χ2v) is 5.86. The third-order valence-electron chi connectivity index (χ3n) is 3.27. The summed E-state index contributed by atoms with van der Waals surface area (Å²) >= 11 is 12.5. The van der Waals surface area contributed by atoms with Gasteiger partial charge in [-0.25, -0.2) is 9.97 Å². The molecule has 1 aromatic carbocycles. The van der Waals surface area contributed by atoms with Gasteiger partial charge in [-0.2, -0.15) is 4.98 Å². The van der Waals surface area contributed by atoms with Gasteiger partial charge in [-0.15, -0.1) is 0 Å². The van der Waals surface area contributed by atoms with E-state index in [1.165, 1.54) is 0 Å². The van der Waals surface area contributed by atoms with Crippen LogP contribution in [0.5, 0.6) is 0 Å². The molecule has 8 heteroatoms. The standard InChI is InChI=1S/C14H14Cl2N6/c1-21(2)14-19-11-12(17)18-7-22(13(11)20-14)6-8-9(15)4-3-5-10(8)16/h3-5,7H,6,17H2,1-2H3. The van der Waals surface area contributed by atoms with Crippen molar-refractivity contribution in [2.45, 2.75) is 6.54 Å². The molecule has 0 fully saturated rings. The Labute approximate surface area is 137 Å². The lowest BCUT2D eigenvalue weighted by molar-refractivity contribution is 0.762. The van der Waals surface area contributed by atoms with Crippen LogP contribution in [0.3, 0.4) is 0 Å². The summed E-state index contributed by atoms with van der Waals surface area (Å²) in [4.78, 5) is 14.9. The molecule has 2 aliphatic rings. The quantitative estimate of drug-likeness (QED) is 0.796. The Bertz CT molecular complexity index is 778. The van der Waals surface area contributed by atoms with E-state index in [1.807, 2.05) is 29.6 Å². The van der Waals surface area contributed by atoms with Gasteiger partial charge in [0.05, 0.1) is 12.9 Å². The maximum atomic E-state index is 6.23. The Morgan fingerprint density at radius 1 is 1.18 bits per heavy atom. The zero-order valence-electron chi connectivity index (χ0n) is 12.1. The van der Waals surface area contributed by atoms with Crippen LogP contribution in [0.4, 0.5) is 11.8 Å². The molecule has 6 nitrogen and oxygen atoms in total. The van der Waals surface area contributed by atoms with E-state index in [4.69, 9.17) is 28.9 Å². The lowest BCUT2D eigenvalue weighted by atomic mass is 10.2. The molecule has 0 bridgehead atoms. The van der Waals surface area contributed by atoms with Crippen LogP contribution in [0.25, 0.3) is 11.5 Å². The average Bonchev–Trinajstić information content (AvgIpc) is 2.92. The van der Waals surface area contributed by atoms with Gasteiger partial charge in [-0.3, -0.25) is 0 Å². The van der Waals surface area contributed by atoms with E-state index in [-0.39, 0.29) is 0 Å². The molecule has 1 aromatic rings. The van der Waals surface area contributed by atoms with Crippen LogP contribution < -0.4 is 10.6 Å². The van der Waals surface area contributed by atoms with Crippen molar-refractivity contribution >= 4 is 35.0 Å². The Balaban J connectivity index is 2.10. The van der Waals surface area contributed by atoms with Gasteiger partial charge >= 0.3 is 0 Å². The highest BCUT2D eigenvalue weighted by atomic mass is 35.5. The van der Waals surface area contributed by atoms with Gasteiger partial charge in [0, 0.05) is 29.7 Å². The molecule has 22 heavy (non-hydrogen) atoms. The third-order valence-corrected chi connectivity index (χ3v) is 3.98. The first-order valence-corrected chi connectivity index (χ1v) is 7.31. The van der Waals surface area contributed by atoms with Crippen LogP contribution in [-0.4, -0.2) is 33.6 Å². The topological polar surface area (TPSA) is 72.9 Å². The predicted molar refractivity (Wildman–Crippen MR) is 88.7 cm³/mol. The van der Waals surface area contributed by atoms with Crippen molar-refractivity contribution in [2.24, 2.45) is 0 Å². The van der Waals surface area contributed by atoms with Crippen molar-refractivity contribution in [1.29, 1.82) is 0 Å². The van der Waals surface area contributed by atoms with E-state index in [1.54, 1.807) is 18.5 Å². The maximum absolute atomic E-state index is 6.23. The van der Waals surface area contributed by atoms with Gasteiger partial charge in [-0.1, -0.05) is 29.3 Å². The van der Waals surface area contributed by atoms with E-state index in [0.29, 0.717) is 39.9 Å². The number of nitrogen functional groups attached to an aromatic ring is 1. The minimum Gasteiger partial charge on any atom is -0.382 e. The molecule has 0 radical (unpaired) electrons. The Morgan fingerprint density at radius 2 is 1.86 bits per heavy atom. The Hall–Kier alpha value is -2.05. The number of hydrogen-bond acceptors (Lipinski definition) is 5. The van der Waals surface area contributed by atoms with Gasteiger partial charge in [0.2, 0.25) is 5.95 Å². The minimum absolute atomic E-state index is 0.345. The normalized spacial score (nSPS) is 11.1. The lowest BCUT2D eigenvalue weighted by Gasteiger charge is -2.13. The summed E-state index contributed by atoms with van der Waals surface area (Å²) in [6.45, 7) is 0.438. The zero-order chi connectivity index (χ0) is 15.9. The first-order valence-electron chi connectivity index (χ1n) is 6.56. The van der Waals surface area contributed by atoms with Crippen LogP contribution in [0.2, 0.25) is 10.0 Å². The number of fused-ring (bicyclic) bond motifs is 1. The summed E-state index contributed by atoms with van der Waals surface area (Å²) in [5.41, 5.74) is 7.26. The molecule has 0 unspecified atom stereocenters. The molecule has 0 saturated carbocycles.